The molecule has 0 unspecified atom stereocenters. The van der Waals surface area contributed by atoms with Crippen LogP contribution >= 0.6 is 0 Å². The number of benzene rings is 1. The maximum absolute atomic E-state index is 12.2. The van der Waals surface area contributed by atoms with Crippen molar-refractivity contribution in [1.29, 1.82) is 0 Å². The Morgan fingerprint density at radius 3 is 2.75 bits per heavy atom. The number of amides is 1. The summed E-state index contributed by atoms with van der Waals surface area (Å²) in [5, 5.41) is 0. The molecule has 0 saturated carbocycles. The molecule has 1 aromatic heterocycles. The summed E-state index contributed by atoms with van der Waals surface area (Å²) < 4.78 is 16.5. The lowest BCUT2D eigenvalue weighted by Crippen LogP contribution is -2.48. The van der Waals surface area contributed by atoms with Crippen molar-refractivity contribution in [3.05, 3.63) is 48.7 Å². The molecule has 6 heteroatoms. The number of hydrogen-bond donors (Lipinski definition) is 0. The summed E-state index contributed by atoms with van der Waals surface area (Å²) in [7, 11) is 0. The molecule has 0 bridgehead atoms. The zero-order valence-electron chi connectivity index (χ0n) is 13.6. The van der Waals surface area contributed by atoms with Crippen molar-refractivity contribution in [1.82, 2.24) is 9.88 Å². The first-order valence-electron chi connectivity index (χ1n) is 7.91. The van der Waals surface area contributed by atoms with Crippen molar-refractivity contribution in [2.24, 2.45) is 0 Å². The van der Waals surface area contributed by atoms with E-state index < -0.39 is 0 Å². The summed E-state index contributed by atoms with van der Waals surface area (Å²) in [5.74, 6) is 1.79. The van der Waals surface area contributed by atoms with Crippen LogP contribution in [0.5, 0.6) is 17.4 Å². The fourth-order valence-corrected chi connectivity index (χ4v) is 2.46. The Balaban J connectivity index is 1.51. The maximum Gasteiger partial charge on any atom is 0.260 e. The lowest BCUT2D eigenvalue weighted by Gasteiger charge is -2.33. The van der Waals surface area contributed by atoms with Crippen LogP contribution in [0.15, 0.2) is 48.7 Å². The summed E-state index contributed by atoms with van der Waals surface area (Å²) in [6, 6.07) is 12.7. The van der Waals surface area contributed by atoms with Gasteiger partial charge in [0.15, 0.2) is 6.61 Å². The Morgan fingerprint density at radius 1 is 1.25 bits per heavy atom. The van der Waals surface area contributed by atoms with E-state index in [0.717, 1.165) is 0 Å². The van der Waals surface area contributed by atoms with Crippen molar-refractivity contribution in [2.75, 3.05) is 26.4 Å². The molecule has 1 aromatic carbocycles. The zero-order chi connectivity index (χ0) is 16.8. The fraction of sp³-hybridized carbons (Fsp3) is 0.333. The summed E-state index contributed by atoms with van der Waals surface area (Å²) in [5.41, 5.74) is 0. The van der Waals surface area contributed by atoms with E-state index in [2.05, 4.69) is 4.98 Å². The Hall–Kier alpha value is -2.60. The molecule has 1 aliphatic heterocycles. The van der Waals surface area contributed by atoms with Gasteiger partial charge in [-0.05, 0) is 37.3 Å². The summed E-state index contributed by atoms with van der Waals surface area (Å²) in [6.45, 7) is 3.76. The van der Waals surface area contributed by atoms with Crippen LogP contribution in [0.4, 0.5) is 0 Å². The standard InChI is InChI=1S/C18H20N2O4/c1-14-12-22-11-10-20(14)18(21)13-23-15-5-7-16(8-6-15)24-17-4-2-3-9-19-17/h2-9,14H,10-13H2,1H3/t14-/m1/s1. The number of hydrogen-bond acceptors (Lipinski definition) is 5. The highest BCUT2D eigenvalue weighted by Gasteiger charge is 2.23. The molecule has 1 atom stereocenters. The monoisotopic (exact) mass is 328 g/mol. The number of ether oxygens (including phenoxy) is 3. The molecule has 0 N–H and O–H groups in total. The van der Waals surface area contributed by atoms with E-state index in [0.29, 0.717) is 37.1 Å². The van der Waals surface area contributed by atoms with Crippen LogP contribution in [-0.4, -0.2) is 48.2 Å². The topological polar surface area (TPSA) is 60.9 Å². The molecular weight excluding hydrogens is 308 g/mol. The lowest BCUT2D eigenvalue weighted by atomic mass is 10.2. The van der Waals surface area contributed by atoms with Gasteiger partial charge in [0, 0.05) is 18.8 Å². The lowest BCUT2D eigenvalue weighted by molar-refractivity contribution is -0.141. The van der Waals surface area contributed by atoms with Crippen LogP contribution in [-0.2, 0) is 9.53 Å². The van der Waals surface area contributed by atoms with Crippen molar-refractivity contribution >= 4 is 5.91 Å². The SMILES string of the molecule is C[C@@H]1COCCN1C(=O)COc1ccc(Oc2ccccn2)cc1. The molecule has 1 amide bonds. The van der Waals surface area contributed by atoms with Gasteiger partial charge >= 0.3 is 0 Å². The highest BCUT2D eigenvalue weighted by atomic mass is 16.5. The molecule has 0 spiro atoms. The minimum Gasteiger partial charge on any atom is -0.484 e. The highest BCUT2D eigenvalue weighted by molar-refractivity contribution is 5.78. The van der Waals surface area contributed by atoms with Gasteiger partial charge in [0.1, 0.15) is 11.5 Å². The van der Waals surface area contributed by atoms with Crippen LogP contribution in [0, 0.1) is 0 Å². The Kier molecular flexibility index (Phi) is 5.28. The highest BCUT2D eigenvalue weighted by Crippen LogP contribution is 2.22. The average Bonchev–Trinajstić information content (AvgIpc) is 2.62. The smallest absolute Gasteiger partial charge is 0.260 e. The zero-order valence-corrected chi connectivity index (χ0v) is 13.6. The van der Waals surface area contributed by atoms with Crippen LogP contribution in [0.25, 0.3) is 0 Å². The third-order valence-corrected chi connectivity index (χ3v) is 3.73. The van der Waals surface area contributed by atoms with E-state index in [1.54, 1.807) is 41.4 Å². The summed E-state index contributed by atoms with van der Waals surface area (Å²) >= 11 is 0. The number of carbonyl (C=O) groups excluding carboxylic acids is 1. The van der Waals surface area contributed by atoms with Gasteiger partial charge in [-0.1, -0.05) is 6.07 Å². The molecule has 1 aliphatic rings. The van der Waals surface area contributed by atoms with Gasteiger partial charge in [0.05, 0.1) is 19.3 Å². The van der Waals surface area contributed by atoms with Crippen LogP contribution in [0.2, 0.25) is 0 Å². The van der Waals surface area contributed by atoms with Gasteiger partial charge in [-0.25, -0.2) is 4.98 Å². The average molecular weight is 328 g/mol. The number of pyridine rings is 1. The van der Waals surface area contributed by atoms with Crippen LogP contribution in [0.1, 0.15) is 6.92 Å². The maximum atomic E-state index is 12.2. The van der Waals surface area contributed by atoms with E-state index >= 15 is 0 Å². The molecule has 24 heavy (non-hydrogen) atoms. The van der Waals surface area contributed by atoms with Crippen molar-refractivity contribution < 1.29 is 19.0 Å². The molecule has 2 aromatic rings. The minimum absolute atomic E-state index is 0.0186. The Morgan fingerprint density at radius 2 is 2.04 bits per heavy atom. The van der Waals surface area contributed by atoms with Gasteiger partial charge in [-0.3, -0.25) is 4.79 Å². The first-order chi connectivity index (χ1) is 11.7. The molecule has 1 saturated heterocycles. The third kappa shape index (κ3) is 4.23. The second-order valence-electron chi connectivity index (χ2n) is 5.54. The number of morpholine rings is 1. The Labute approximate surface area is 141 Å². The first-order valence-corrected chi connectivity index (χ1v) is 7.91. The molecule has 126 valence electrons. The number of rotatable bonds is 5. The molecule has 0 aliphatic carbocycles. The second-order valence-corrected chi connectivity index (χ2v) is 5.54. The summed E-state index contributed by atoms with van der Waals surface area (Å²) in [6.07, 6.45) is 1.67. The van der Waals surface area contributed by atoms with Crippen LogP contribution < -0.4 is 9.47 Å². The van der Waals surface area contributed by atoms with E-state index in [4.69, 9.17) is 14.2 Å². The summed E-state index contributed by atoms with van der Waals surface area (Å²) in [4.78, 5) is 18.1. The normalized spacial score (nSPS) is 17.4. The van der Waals surface area contributed by atoms with Gasteiger partial charge in [-0.15, -0.1) is 0 Å². The third-order valence-electron chi connectivity index (χ3n) is 3.73. The van der Waals surface area contributed by atoms with E-state index in [-0.39, 0.29) is 18.6 Å². The Bertz CT molecular complexity index is 660. The number of carbonyl (C=O) groups is 1. The van der Waals surface area contributed by atoms with E-state index in [1.807, 2.05) is 19.1 Å². The fourth-order valence-electron chi connectivity index (χ4n) is 2.46. The second kappa shape index (κ2) is 7.79. The largest absolute Gasteiger partial charge is 0.484 e. The van der Waals surface area contributed by atoms with Gasteiger partial charge in [0.25, 0.3) is 5.91 Å². The molecule has 3 rings (SSSR count). The number of aromatic nitrogens is 1. The molecule has 2 heterocycles. The molecule has 1 fully saturated rings. The molecular formula is C18H20N2O4. The van der Waals surface area contributed by atoms with E-state index in [9.17, 15) is 4.79 Å². The van der Waals surface area contributed by atoms with Crippen molar-refractivity contribution in [3.63, 3.8) is 0 Å². The van der Waals surface area contributed by atoms with Gasteiger partial charge in [0.2, 0.25) is 5.88 Å². The molecule has 0 radical (unpaired) electrons. The number of nitrogens with zero attached hydrogens (tertiary/aromatic N) is 2. The van der Waals surface area contributed by atoms with Crippen molar-refractivity contribution in [2.45, 2.75) is 13.0 Å². The van der Waals surface area contributed by atoms with E-state index in [1.165, 1.54) is 0 Å². The quantitative estimate of drug-likeness (QED) is 0.844. The molecule has 6 nitrogen and oxygen atoms in total. The van der Waals surface area contributed by atoms with Gasteiger partial charge in [-0.2, -0.15) is 0 Å². The predicted molar refractivity (Wildman–Crippen MR) is 88.2 cm³/mol. The van der Waals surface area contributed by atoms with Gasteiger partial charge < -0.3 is 19.1 Å². The first kappa shape index (κ1) is 16.3. The van der Waals surface area contributed by atoms with Crippen molar-refractivity contribution in [3.8, 4) is 17.4 Å². The predicted octanol–water partition coefficient (Wildman–Crippen LogP) is 2.50. The minimum atomic E-state index is -0.0281. The van der Waals surface area contributed by atoms with Crippen LogP contribution in [0.3, 0.4) is 0 Å².